The molecule has 0 aliphatic heterocycles. The van der Waals surface area contributed by atoms with E-state index in [-0.39, 0.29) is 5.11 Å². The summed E-state index contributed by atoms with van der Waals surface area (Å²) in [7, 11) is 0. The van der Waals surface area contributed by atoms with Crippen molar-refractivity contribution in [3.63, 3.8) is 0 Å². The number of nitrogens with zero attached hydrogens (tertiary/aromatic N) is 1. The lowest BCUT2D eigenvalue weighted by Gasteiger charge is -2.10. The molecule has 0 aliphatic rings. The van der Waals surface area contributed by atoms with Crippen LogP contribution in [0.2, 0.25) is 0 Å². The lowest BCUT2D eigenvalue weighted by atomic mass is 10.1. The summed E-state index contributed by atoms with van der Waals surface area (Å²) in [6, 6.07) is 20.6. The van der Waals surface area contributed by atoms with Gasteiger partial charge in [0, 0.05) is 17.7 Å². The van der Waals surface area contributed by atoms with Gasteiger partial charge < -0.3 is 9.73 Å². The van der Waals surface area contributed by atoms with Crippen LogP contribution in [0.15, 0.2) is 77.2 Å². The molecule has 0 aliphatic carbocycles. The van der Waals surface area contributed by atoms with Crippen molar-refractivity contribution in [2.75, 3.05) is 0 Å². The minimum atomic E-state index is -0.399. The largest absolute Gasteiger partial charge is 0.436 e. The zero-order chi connectivity index (χ0) is 20.2. The van der Waals surface area contributed by atoms with Gasteiger partial charge in [-0.1, -0.05) is 24.3 Å². The van der Waals surface area contributed by atoms with Crippen molar-refractivity contribution in [3.8, 4) is 11.5 Å². The zero-order valence-corrected chi connectivity index (χ0v) is 16.0. The van der Waals surface area contributed by atoms with Crippen molar-refractivity contribution in [1.82, 2.24) is 15.6 Å². The number of oxazole rings is 1. The average Bonchev–Trinajstić information content (AvgIpc) is 3.17. The maximum atomic E-state index is 12.9. The quantitative estimate of drug-likeness (QED) is 0.492. The molecule has 4 rings (SSSR count). The van der Waals surface area contributed by atoms with Gasteiger partial charge in [0.1, 0.15) is 11.3 Å². The van der Waals surface area contributed by atoms with Crippen LogP contribution in [0.25, 0.3) is 22.6 Å². The van der Waals surface area contributed by atoms with Gasteiger partial charge in [0.25, 0.3) is 5.91 Å². The molecule has 5 nitrogen and oxygen atoms in total. The molecule has 0 saturated carbocycles. The Morgan fingerprint density at radius 1 is 1.00 bits per heavy atom. The second-order valence-corrected chi connectivity index (χ2v) is 6.74. The van der Waals surface area contributed by atoms with E-state index < -0.39 is 11.7 Å². The van der Waals surface area contributed by atoms with Gasteiger partial charge in [0.2, 0.25) is 5.89 Å². The molecule has 3 aromatic carbocycles. The molecule has 0 saturated heterocycles. The van der Waals surface area contributed by atoms with E-state index in [4.69, 9.17) is 16.6 Å². The van der Waals surface area contributed by atoms with Crippen molar-refractivity contribution >= 4 is 34.3 Å². The molecule has 0 bridgehead atoms. The fraction of sp³-hybridized carbons (Fsp3) is 0.0455. The number of halogens is 1. The summed E-state index contributed by atoms with van der Waals surface area (Å²) in [5.74, 6) is -0.231. The topological polar surface area (TPSA) is 67.2 Å². The Hall–Kier alpha value is -3.58. The van der Waals surface area contributed by atoms with E-state index in [1.165, 1.54) is 24.3 Å². The minimum absolute atomic E-state index is 0.197. The van der Waals surface area contributed by atoms with Gasteiger partial charge in [-0.05, 0) is 66.3 Å². The smallest absolute Gasteiger partial charge is 0.257 e. The Labute approximate surface area is 171 Å². The predicted octanol–water partition coefficient (Wildman–Crippen LogP) is 4.44. The third-order valence-electron chi connectivity index (χ3n) is 4.28. The number of fused-ring (bicyclic) bond motifs is 1. The van der Waals surface area contributed by atoms with Gasteiger partial charge in [-0.3, -0.25) is 10.1 Å². The standard InChI is InChI=1S/C22H16FN3O2S/c23-17-11-9-15(10-12-17)20(27)26-22(29)24-13-14-5-7-16(8-6-14)21-25-18-3-1-2-4-19(18)28-21/h1-12H,13H2,(H2,24,26,27,29). The monoisotopic (exact) mass is 405 g/mol. The van der Waals surface area contributed by atoms with Crippen LogP contribution >= 0.6 is 12.2 Å². The molecule has 144 valence electrons. The summed E-state index contributed by atoms with van der Waals surface area (Å²) in [4.78, 5) is 16.6. The highest BCUT2D eigenvalue weighted by Gasteiger charge is 2.09. The third-order valence-corrected chi connectivity index (χ3v) is 4.53. The van der Waals surface area contributed by atoms with Crippen LogP contribution in [0.3, 0.4) is 0 Å². The molecule has 1 amide bonds. The molecule has 0 radical (unpaired) electrons. The number of thiocarbonyl (C=S) groups is 1. The predicted molar refractivity (Wildman–Crippen MR) is 113 cm³/mol. The lowest BCUT2D eigenvalue weighted by molar-refractivity contribution is 0.0976. The van der Waals surface area contributed by atoms with Crippen molar-refractivity contribution in [3.05, 3.63) is 89.7 Å². The average molecular weight is 405 g/mol. The Morgan fingerprint density at radius 2 is 1.72 bits per heavy atom. The van der Waals surface area contributed by atoms with Gasteiger partial charge in [0.15, 0.2) is 10.7 Å². The number of nitrogens with one attached hydrogen (secondary N) is 2. The highest BCUT2D eigenvalue weighted by molar-refractivity contribution is 7.80. The van der Waals surface area contributed by atoms with Crippen molar-refractivity contribution in [2.45, 2.75) is 6.54 Å². The number of hydrogen-bond acceptors (Lipinski definition) is 4. The normalized spacial score (nSPS) is 10.7. The van der Waals surface area contributed by atoms with E-state index in [0.717, 1.165) is 22.2 Å². The highest BCUT2D eigenvalue weighted by atomic mass is 32.1. The summed E-state index contributed by atoms with van der Waals surface area (Å²) < 4.78 is 18.7. The number of carbonyl (C=O) groups is 1. The van der Waals surface area contributed by atoms with Crippen LogP contribution in [0, 0.1) is 5.82 Å². The molecule has 1 heterocycles. The van der Waals surface area contributed by atoms with Crippen LogP contribution in [0.1, 0.15) is 15.9 Å². The second-order valence-electron chi connectivity index (χ2n) is 6.33. The molecule has 29 heavy (non-hydrogen) atoms. The Bertz CT molecular complexity index is 1140. The van der Waals surface area contributed by atoms with Crippen LogP contribution in [-0.2, 0) is 6.54 Å². The first kappa shape index (κ1) is 18.8. The Kier molecular flexibility index (Phi) is 5.31. The molecule has 2 N–H and O–H groups in total. The third kappa shape index (κ3) is 4.47. The summed E-state index contributed by atoms with van der Waals surface area (Å²) in [5.41, 5.74) is 3.74. The summed E-state index contributed by atoms with van der Waals surface area (Å²) in [5, 5.41) is 5.75. The number of amides is 1. The molecular weight excluding hydrogens is 389 g/mol. The molecule has 0 unspecified atom stereocenters. The van der Waals surface area contributed by atoms with Crippen LogP contribution in [-0.4, -0.2) is 16.0 Å². The fourth-order valence-corrected chi connectivity index (χ4v) is 2.93. The van der Waals surface area contributed by atoms with E-state index in [1.807, 2.05) is 48.5 Å². The second kappa shape index (κ2) is 8.20. The fourth-order valence-electron chi connectivity index (χ4n) is 2.76. The van der Waals surface area contributed by atoms with Gasteiger partial charge in [-0.25, -0.2) is 9.37 Å². The molecular formula is C22H16FN3O2S. The Morgan fingerprint density at radius 3 is 2.45 bits per heavy atom. The van der Waals surface area contributed by atoms with Gasteiger partial charge in [-0.15, -0.1) is 0 Å². The van der Waals surface area contributed by atoms with Crippen molar-refractivity contribution in [2.24, 2.45) is 0 Å². The maximum absolute atomic E-state index is 12.9. The first-order valence-electron chi connectivity index (χ1n) is 8.88. The summed E-state index contributed by atoms with van der Waals surface area (Å²) in [6.45, 7) is 0.441. The Balaban J connectivity index is 1.34. The van der Waals surface area contributed by atoms with E-state index in [9.17, 15) is 9.18 Å². The zero-order valence-electron chi connectivity index (χ0n) is 15.2. The number of benzene rings is 3. The van der Waals surface area contributed by atoms with E-state index >= 15 is 0 Å². The van der Waals surface area contributed by atoms with Crippen molar-refractivity contribution < 1.29 is 13.6 Å². The maximum Gasteiger partial charge on any atom is 0.257 e. The van der Waals surface area contributed by atoms with Gasteiger partial charge in [0.05, 0.1) is 0 Å². The van der Waals surface area contributed by atoms with Crippen LogP contribution in [0.5, 0.6) is 0 Å². The minimum Gasteiger partial charge on any atom is -0.436 e. The van der Waals surface area contributed by atoms with Gasteiger partial charge in [-0.2, -0.15) is 0 Å². The first-order valence-corrected chi connectivity index (χ1v) is 9.29. The molecule has 1 aromatic heterocycles. The highest BCUT2D eigenvalue weighted by Crippen LogP contribution is 2.24. The van der Waals surface area contributed by atoms with Crippen LogP contribution in [0.4, 0.5) is 4.39 Å². The van der Waals surface area contributed by atoms with E-state index in [2.05, 4.69) is 15.6 Å². The first-order chi connectivity index (χ1) is 14.1. The van der Waals surface area contributed by atoms with E-state index in [1.54, 1.807) is 0 Å². The summed E-state index contributed by atoms with van der Waals surface area (Å²) in [6.07, 6.45) is 0. The number of para-hydroxylation sites is 2. The number of hydrogen-bond donors (Lipinski definition) is 2. The van der Waals surface area contributed by atoms with Crippen molar-refractivity contribution in [1.29, 1.82) is 0 Å². The number of aromatic nitrogens is 1. The summed E-state index contributed by atoms with van der Waals surface area (Å²) >= 11 is 5.15. The molecule has 0 atom stereocenters. The number of rotatable bonds is 4. The van der Waals surface area contributed by atoms with Gasteiger partial charge >= 0.3 is 0 Å². The number of carbonyl (C=O) groups excluding carboxylic acids is 1. The molecule has 0 spiro atoms. The SMILES string of the molecule is O=C(NC(=S)NCc1ccc(-c2nc3ccccc3o2)cc1)c1ccc(F)cc1. The molecule has 0 fully saturated rings. The van der Waals surface area contributed by atoms with E-state index in [0.29, 0.717) is 18.0 Å². The molecule has 7 heteroatoms. The lowest BCUT2D eigenvalue weighted by Crippen LogP contribution is -2.38. The van der Waals surface area contributed by atoms with Crippen LogP contribution < -0.4 is 10.6 Å². The molecule has 4 aromatic rings.